The average Bonchev–Trinajstić information content (AvgIpc) is 2.77. The predicted molar refractivity (Wildman–Crippen MR) is 79.2 cm³/mol. The van der Waals surface area contributed by atoms with Gasteiger partial charge in [0.1, 0.15) is 5.92 Å². The summed E-state index contributed by atoms with van der Waals surface area (Å²) in [5.74, 6) is -1.34. The highest BCUT2D eigenvalue weighted by molar-refractivity contribution is 9.11. The number of hydrogen-bond donors (Lipinski definition) is 2. The molecule has 0 aromatic heterocycles. The fourth-order valence-electron chi connectivity index (χ4n) is 1.11. The molecular formula is C13H23BrN2O2. The lowest BCUT2D eigenvalue weighted by Gasteiger charge is -1.96. The zero-order valence-corrected chi connectivity index (χ0v) is 13.1. The van der Waals surface area contributed by atoms with Gasteiger partial charge in [0.25, 0.3) is 0 Å². The molecule has 104 valence electrons. The standard InChI is InChI=1S/C6H9Br.C5H8N2O2.C2H6/c1-4-6(7)5(2)3;6-4(8)3-1-2-7-5(3)9;1-2/h4H,2H2,1,3H3;3H,1-2H2,(H2,6,8)(H,7,9);1-2H3/b6-4-;;/t;3-;/m.0./s1. The van der Waals surface area contributed by atoms with E-state index in [0.29, 0.717) is 13.0 Å². The fourth-order valence-corrected chi connectivity index (χ4v) is 1.11. The molecule has 5 heteroatoms. The Hall–Kier alpha value is -1.10. The summed E-state index contributed by atoms with van der Waals surface area (Å²) in [6.07, 6.45) is 2.52. The van der Waals surface area contributed by atoms with Gasteiger partial charge < -0.3 is 11.1 Å². The summed E-state index contributed by atoms with van der Waals surface area (Å²) >= 11 is 3.30. The van der Waals surface area contributed by atoms with Gasteiger partial charge in [0, 0.05) is 11.0 Å². The van der Waals surface area contributed by atoms with Crippen LogP contribution in [0.3, 0.4) is 0 Å². The number of carbonyl (C=O) groups is 2. The summed E-state index contributed by atoms with van der Waals surface area (Å²) in [6.45, 7) is 12.2. The van der Waals surface area contributed by atoms with Crippen molar-refractivity contribution in [2.24, 2.45) is 11.7 Å². The maximum Gasteiger partial charge on any atom is 0.232 e. The third kappa shape index (κ3) is 8.06. The molecule has 3 N–H and O–H groups in total. The van der Waals surface area contributed by atoms with Gasteiger partial charge in [-0.15, -0.1) is 0 Å². The average molecular weight is 319 g/mol. The minimum Gasteiger partial charge on any atom is -0.369 e. The van der Waals surface area contributed by atoms with E-state index in [9.17, 15) is 9.59 Å². The zero-order valence-electron chi connectivity index (χ0n) is 11.5. The van der Waals surface area contributed by atoms with Crippen LogP contribution in [-0.2, 0) is 9.59 Å². The normalized spacial score (nSPS) is 17.7. The molecule has 1 heterocycles. The smallest absolute Gasteiger partial charge is 0.232 e. The highest BCUT2D eigenvalue weighted by Crippen LogP contribution is 2.12. The highest BCUT2D eigenvalue weighted by Gasteiger charge is 2.28. The second-order valence-electron chi connectivity index (χ2n) is 3.45. The Morgan fingerprint density at radius 1 is 1.56 bits per heavy atom. The van der Waals surface area contributed by atoms with Gasteiger partial charge in [-0.05, 0) is 25.8 Å². The fraction of sp³-hybridized carbons (Fsp3) is 0.538. The van der Waals surface area contributed by atoms with Crippen molar-refractivity contribution in [2.75, 3.05) is 6.54 Å². The van der Waals surface area contributed by atoms with E-state index in [2.05, 4.69) is 27.8 Å². The van der Waals surface area contributed by atoms with E-state index in [1.54, 1.807) is 0 Å². The number of carbonyl (C=O) groups excluding carboxylic acids is 2. The first kappa shape index (κ1) is 19.2. The Balaban J connectivity index is 0. The Morgan fingerprint density at radius 2 is 2.06 bits per heavy atom. The van der Waals surface area contributed by atoms with Crippen LogP contribution >= 0.6 is 15.9 Å². The molecule has 0 aliphatic carbocycles. The van der Waals surface area contributed by atoms with Crippen molar-refractivity contribution in [3.05, 3.63) is 22.7 Å². The molecule has 4 nitrogen and oxygen atoms in total. The first-order chi connectivity index (χ1) is 8.40. The van der Waals surface area contributed by atoms with Gasteiger partial charge in [0.15, 0.2) is 0 Å². The van der Waals surface area contributed by atoms with E-state index < -0.39 is 11.8 Å². The molecule has 1 aliphatic rings. The van der Waals surface area contributed by atoms with Gasteiger partial charge in [-0.2, -0.15) is 0 Å². The topological polar surface area (TPSA) is 72.2 Å². The van der Waals surface area contributed by atoms with Gasteiger partial charge in [-0.1, -0.05) is 42.4 Å². The summed E-state index contributed by atoms with van der Waals surface area (Å²) in [7, 11) is 0. The number of nitrogens with one attached hydrogen (secondary N) is 1. The Kier molecular flexibility index (Phi) is 11.8. The molecule has 0 unspecified atom stereocenters. The minimum absolute atomic E-state index is 0.234. The molecule has 1 saturated heterocycles. The summed E-state index contributed by atoms with van der Waals surface area (Å²) in [4.78, 5) is 21.0. The molecule has 18 heavy (non-hydrogen) atoms. The number of allylic oxidation sites excluding steroid dienone is 3. The number of amides is 2. The maximum atomic E-state index is 10.6. The number of hydrogen-bond acceptors (Lipinski definition) is 2. The van der Waals surface area contributed by atoms with Crippen LogP contribution in [0.2, 0.25) is 0 Å². The van der Waals surface area contributed by atoms with Gasteiger partial charge in [-0.3, -0.25) is 9.59 Å². The van der Waals surface area contributed by atoms with Gasteiger partial charge in [0.05, 0.1) is 0 Å². The number of nitrogens with two attached hydrogens (primary N) is 1. The number of halogens is 1. The van der Waals surface area contributed by atoms with Crippen LogP contribution in [-0.4, -0.2) is 18.4 Å². The van der Waals surface area contributed by atoms with Crippen LogP contribution in [0.15, 0.2) is 22.7 Å². The van der Waals surface area contributed by atoms with E-state index in [-0.39, 0.29) is 5.91 Å². The van der Waals surface area contributed by atoms with Gasteiger partial charge in [0.2, 0.25) is 11.8 Å². The van der Waals surface area contributed by atoms with Crippen molar-refractivity contribution in [1.82, 2.24) is 5.32 Å². The van der Waals surface area contributed by atoms with E-state index in [1.807, 2.05) is 33.8 Å². The first-order valence-corrected chi connectivity index (χ1v) is 6.74. The zero-order chi connectivity index (χ0) is 14.7. The third-order valence-electron chi connectivity index (χ3n) is 2.05. The molecule has 0 aromatic carbocycles. The van der Waals surface area contributed by atoms with Crippen molar-refractivity contribution in [1.29, 1.82) is 0 Å². The van der Waals surface area contributed by atoms with Crippen LogP contribution in [0, 0.1) is 5.92 Å². The summed E-state index contributed by atoms with van der Waals surface area (Å²) < 4.78 is 1.09. The van der Waals surface area contributed by atoms with Crippen LogP contribution in [0.1, 0.15) is 34.1 Å². The van der Waals surface area contributed by atoms with Crippen molar-refractivity contribution in [3.8, 4) is 0 Å². The summed E-state index contributed by atoms with van der Waals surface area (Å²) in [5.41, 5.74) is 5.96. The SMILES string of the molecule is C=C(C)/C(Br)=C/C.CC.NC(=O)[C@@H]1CCNC1=O. The van der Waals surface area contributed by atoms with E-state index in [1.165, 1.54) is 0 Å². The van der Waals surface area contributed by atoms with Crippen molar-refractivity contribution in [3.63, 3.8) is 0 Å². The molecule has 1 aliphatic heterocycles. The van der Waals surface area contributed by atoms with Crippen molar-refractivity contribution >= 4 is 27.7 Å². The molecule has 0 bridgehead atoms. The van der Waals surface area contributed by atoms with E-state index >= 15 is 0 Å². The Labute approximate surface area is 118 Å². The third-order valence-corrected chi connectivity index (χ3v) is 3.19. The second-order valence-corrected chi connectivity index (χ2v) is 4.31. The molecule has 0 saturated carbocycles. The number of primary amides is 1. The van der Waals surface area contributed by atoms with Crippen LogP contribution in [0.4, 0.5) is 0 Å². The largest absolute Gasteiger partial charge is 0.369 e. The molecule has 1 atom stereocenters. The predicted octanol–water partition coefficient (Wildman–Crippen LogP) is 2.50. The van der Waals surface area contributed by atoms with Crippen LogP contribution < -0.4 is 11.1 Å². The van der Waals surface area contributed by atoms with Crippen LogP contribution in [0.5, 0.6) is 0 Å². The van der Waals surface area contributed by atoms with Crippen LogP contribution in [0.25, 0.3) is 0 Å². The lowest BCUT2D eigenvalue weighted by atomic mass is 10.1. The molecule has 0 aromatic rings. The Morgan fingerprint density at radius 3 is 2.17 bits per heavy atom. The maximum absolute atomic E-state index is 10.6. The quantitative estimate of drug-likeness (QED) is 0.606. The van der Waals surface area contributed by atoms with E-state index in [0.717, 1.165) is 10.1 Å². The van der Waals surface area contributed by atoms with Gasteiger partial charge >= 0.3 is 0 Å². The molecular weight excluding hydrogens is 296 g/mol. The molecule has 0 spiro atoms. The highest BCUT2D eigenvalue weighted by atomic mass is 79.9. The lowest BCUT2D eigenvalue weighted by molar-refractivity contribution is -0.131. The molecule has 1 fully saturated rings. The second kappa shape index (κ2) is 11.0. The summed E-state index contributed by atoms with van der Waals surface area (Å²) in [5, 5.41) is 2.51. The minimum atomic E-state index is -0.579. The van der Waals surface area contributed by atoms with Crippen molar-refractivity contribution < 1.29 is 9.59 Å². The summed E-state index contributed by atoms with van der Waals surface area (Å²) in [6, 6.07) is 0. The van der Waals surface area contributed by atoms with Gasteiger partial charge in [-0.25, -0.2) is 0 Å². The lowest BCUT2D eigenvalue weighted by Crippen LogP contribution is -2.30. The van der Waals surface area contributed by atoms with E-state index in [4.69, 9.17) is 5.73 Å². The molecule has 2 amide bonds. The first-order valence-electron chi connectivity index (χ1n) is 5.94. The molecule has 0 radical (unpaired) electrons. The Bertz CT molecular complexity index is 325. The molecule has 1 rings (SSSR count). The van der Waals surface area contributed by atoms with Crippen molar-refractivity contribution in [2.45, 2.75) is 34.1 Å². The monoisotopic (exact) mass is 318 g/mol. The number of rotatable bonds is 2.